The van der Waals surface area contributed by atoms with Crippen LogP contribution in [0.2, 0.25) is 0 Å². The molecule has 1 aromatic rings. The lowest BCUT2D eigenvalue weighted by molar-refractivity contribution is 0.0296. The third kappa shape index (κ3) is 3.41. The zero-order valence-electron chi connectivity index (χ0n) is 10.3. The van der Waals surface area contributed by atoms with Gasteiger partial charge in [0.25, 0.3) is 0 Å². The zero-order chi connectivity index (χ0) is 12.8. The molecule has 96 valence electrons. The number of fused-ring (bicyclic) bond motifs is 1. The number of hydrogen-bond donors (Lipinski definition) is 2. The van der Waals surface area contributed by atoms with Gasteiger partial charge >= 0.3 is 0 Å². The van der Waals surface area contributed by atoms with E-state index in [4.69, 9.17) is 10.5 Å². The molecular weight excluding hydrogens is 221 g/mol. The van der Waals surface area contributed by atoms with Crippen LogP contribution in [0.15, 0.2) is 18.2 Å². The minimum absolute atomic E-state index is 0.182. The van der Waals surface area contributed by atoms with Gasteiger partial charge in [-0.25, -0.2) is 4.39 Å². The van der Waals surface area contributed by atoms with Gasteiger partial charge in [0.05, 0.1) is 0 Å². The normalized spacial score (nSPS) is 19.5. The summed E-state index contributed by atoms with van der Waals surface area (Å²) >= 11 is 0. The molecule has 4 heteroatoms. The van der Waals surface area contributed by atoms with Gasteiger partial charge in [-0.15, -0.1) is 0 Å². The van der Waals surface area contributed by atoms with Crippen molar-refractivity contribution in [3.63, 3.8) is 0 Å². The highest BCUT2D eigenvalue weighted by Gasteiger charge is 2.25. The van der Waals surface area contributed by atoms with Gasteiger partial charge < -0.3 is 15.6 Å². The first-order valence-corrected chi connectivity index (χ1v) is 6.04. The fourth-order valence-electron chi connectivity index (χ4n) is 1.80. The summed E-state index contributed by atoms with van der Waals surface area (Å²) in [6.07, 6.45) is 0.472. The predicted molar refractivity (Wildman–Crippen MR) is 65.5 cm³/mol. The Kier molecular flexibility index (Phi) is 5.38. The van der Waals surface area contributed by atoms with E-state index in [9.17, 15) is 9.50 Å². The van der Waals surface area contributed by atoms with E-state index in [1.54, 1.807) is 6.07 Å². The Morgan fingerprint density at radius 1 is 1.53 bits per heavy atom. The van der Waals surface area contributed by atoms with Crippen molar-refractivity contribution >= 4 is 0 Å². The van der Waals surface area contributed by atoms with Crippen LogP contribution in [0, 0.1) is 5.82 Å². The van der Waals surface area contributed by atoms with Crippen LogP contribution in [0.4, 0.5) is 4.39 Å². The lowest BCUT2D eigenvalue weighted by atomic mass is 9.99. The van der Waals surface area contributed by atoms with Crippen molar-refractivity contribution in [1.82, 2.24) is 0 Å². The fourth-order valence-corrected chi connectivity index (χ4v) is 1.80. The maximum Gasteiger partial charge on any atom is 0.126 e. The van der Waals surface area contributed by atoms with Gasteiger partial charge in [-0.2, -0.15) is 0 Å². The van der Waals surface area contributed by atoms with Crippen LogP contribution in [-0.4, -0.2) is 23.9 Å². The molecule has 0 radical (unpaired) electrons. The minimum atomic E-state index is -0.650. The standard InChI is InChI=1S/C11H14FNO2.C2H6/c12-8-2-4-10-7(5-8)1-3-11(15-10)9(14)6-13;1-2/h2,4-5,9,11,14H,1,3,6,13H2;1-2H3. The number of rotatable bonds is 2. The first kappa shape index (κ1) is 13.9. The highest BCUT2D eigenvalue weighted by molar-refractivity contribution is 5.35. The second-order valence-electron chi connectivity index (χ2n) is 3.75. The Morgan fingerprint density at radius 2 is 2.24 bits per heavy atom. The topological polar surface area (TPSA) is 55.5 Å². The van der Waals surface area contributed by atoms with E-state index < -0.39 is 6.10 Å². The van der Waals surface area contributed by atoms with E-state index >= 15 is 0 Å². The molecule has 2 rings (SSSR count). The molecule has 1 aliphatic heterocycles. The number of halogens is 1. The Bertz CT molecular complexity index is 357. The Hall–Kier alpha value is -1.13. The maximum absolute atomic E-state index is 12.9. The Balaban J connectivity index is 0.000000686. The van der Waals surface area contributed by atoms with Crippen LogP contribution >= 0.6 is 0 Å². The summed E-state index contributed by atoms with van der Waals surface area (Å²) in [6.45, 7) is 4.18. The molecule has 1 aliphatic rings. The maximum atomic E-state index is 12.9. The van der Waals surface area contributed by atoms with Crippen molar-refractivity contribution in [3.8, 4) is 5.75 Å². The molecule has 0 amide bonds. The molecule has 0 bridgehead atoms. The summed E-state index contributed by atoms with van der Waals surface area (Å²) in [5, 5.41) is 9.54. The number of ether oxygens (including phenoxy) is 1. The summed E-state index contributed by atoms with van der Waals surface area (Å²) in [7, 11) is 0. The monoisotopic (exact) mass is 241 g/mol. The fraction of sp³-hybridized carbons (Fsp3) is 0.538. The summed E-state index contributed by atoms with van der Waals surface area (Å²) in [4.78, 5) is 0. The van der Waals surface area contributed by atoms with E-state index in [1.807, 2.05) is 13.8 Å². The lowest BCUT2D eigenvalue weighted by Crippen LogP contribution is -2.39. The predicted octanol–water partition coefficient (Wildman–Crippen LogP) is 1.87. The molecule has 2 unspecified atom stereocenters. The largest absolute Gasteiger partial charge is 0.487 e. The number of hydrogen-bond acceptors (Lipinski definition) is 3. The van der Waals surface area contributed by atoms with Crippen molar-refractivity contribution in [2.24, 2.45) is 5.73 Å². The molecule has 1 heterocycles. The highest BCUT2D eigenvalue weighted by Crippen LogP contribution is 2.29. The summed E-state index contributed by atoms with van der Waals surface area (Å²) in [5.41, 5.74) is 6.21. The second-order valence-corrected chi connectivity index (χ2v) is 3.75. The molecule has 17 heavy (non-hydrogen) atoms. The van der Waals surface area contributed by atoms with Crippen LogP contribution in [0.5, 0.6) is 5.75 Å². The van der Waals surface area contributed by atoms with Crippen molar-refractivity contribution in [1.29, 1.82) is 0 Å². The second kappa shape index (κ2) is 6.57. The van der Waals surface area contributed by atoms with Crippen molar-refractivity contribution in [2.45, 2.75) is 38.9 Å². The van der Waals surface area contributed by atoms with Crippen LogP contribution in [0.3, 0.4) is 0 Å². The van der Waals surface area contributed by atoms with Gasteiger partial charge in [0.15, 0.2) is 0 Å². The van der Waals surface area contributed by atoms with Crippen molar-refractivity contribution in [2.75, 3.05) is 6.54 Å². The zero-order valence-corrected chi connectivity index (χ0v) is 10.3. The van der Waals surface area contributed by atoms with E-state index in [2.05, 4.69) is 0 Å². The quantitative estimate of drug-likeness (QED) is 0.831. The minimum Gasteiger partial charge on any atom is -0.487 e. The van der Waals surface area contributed by atoms with E-state index in [-0.39, 0.29) is 18.5 Å². The molecular formula is C13H20FNO2. The number of aliphatic hydroxyl groups excluding tert-OH is 1. The molecule has 0 saturated heterocycles. The molecule has 0 aliphatic carbocycles. The molecule has 1 aromatic carbocycles. The number of nitrogens with two attached hydrogens (primary N) is 1. The molecule has 0 fully saturated rings. The smallest absolute Gasteiger partial charge is 0.126 e. The first-order chi connectivity index (χ1) is 8.20. The van der Waals surface area contributed by atoms with Crippen LogP contribution in [-0.2, 0) is 6.42 Å². The lowest BCUT2D eigenvalue weighted by Gasteiger charge is -2.28. The summed E-state index contributed by atoms with van der Waals surface area (Å²) in [6, 6.07) is 4.43. The number of benzene rings is 1. The van der Waals surface area contributed by atoms with E-state index in [0.717, 1.165) is 12.0 Å². The van der Waals surface area contributed by atoms with Crippen LogP contribution in [0.1, 0.15) is 25.8 Å². The molecule has 0 spiro atoms. The Labute approximate surface area is 101 Å². The molecule has 0 saturated carbocycles. The average Bonchev–Trinajstić information content (AvgIpc) is 2.39. The van der Waals surface area contributed by atoms with Gasteiger partial charge in [-0.1, -0.05) is 13.8 Å². The third-order valence-corrected chi connectivity index (χ3v) is 2.67. The molecule has 3 nitrogen and oxygen atoms in total. The van der Waals surface area contributed by atoms with Crippen LogP contribution < -0.4 is 10.5 Å². The van der Waals surface area contributed by atoms with Gasteiger partial charge in [0, 0.05) is 6.54 Å². The van der Waals surface area contributed by atoms with Crippen molar-refractivity contribution < 1.29 is 14.2 Å². The first-order valence-electron chi connectivity index (χ1n) is 6.04. The summed E-state index contributed by atoms with van der Waals surface area (Å²) in [5.74, 6) is 0.398. The van der Waals surface area contributed by atoms with E-state index in [0.29, 0.717) is 12.2 Å². The van der Waals surface area contributed by atoms with Gasteiger partial charge in [-0.05, 0) is 36.6 Å². The van der Waals surface area contributed by atoms with Crippen molar-refractivity contribution in [3.05, 3.63) is 29.6 Å². The highest BCUT2D eigenvalue weighted by atomic mass is 19.1. The van der Waals surface area contributed by atoms with Gasteiger partial charge in [-0.3, -0.25) is 0 Å². The van der Waals surface area contributed by atoms with E-state index in [1.165, 1.54) is 12.1 Å². The average molecular weight is 241 g/mol. The number of aliphatic hydroxyl groups is 1. The third-order valence-electron chi connectivity index (χ3n) is 2.67. The molecule has 2 atom stereocenters. The number of aryl methyl sites for hydroxylation is 1. The van der Waals surface area contributed by atoms with Gasteiger partial charge in [0.2, 0.25) is 0 Å². The van der Waals surface area contributed by atoms with Gasteiger partial charge in [0.1, 0.15) is 23.8 Å². The Morgan fingerprint density at radius 3 is 2.88 bits per heavy atom. The molecule has 0 aromatic heterocycles. The molecule has 3 N–H and O–H groups in total. The summed E-state index contributed by atoms with van der Waals surface area (Å²) < 4.78 is 18.4. The van der Waals surface area contributed by atoms with Crippen LogP contribution in [0.25, 0.3) is 0 Å². The SMILES string of the molecule is CC.NCC(O)C1CCc2cc(F)ccc2O1.